The van der Waals surface area contributed by atoms with Crippen molar-refractivity contribution in [3.63, 3.8) is 0 Å². The van der Waals surface area contributed by atoms with Gasteiger partial charge in [0.2, 0.25) is 10.1 Å². The molecular weight excluding hydrogens is 441 g/mol. The number of anilines is 1. The number of nitrogens with one attached hydrogen (secondary N) is 1. The minimum atomic E-state index is -0.451. The first-order chi connectivity index (χ1) is 11.3. The number of hydrogen-bond donors (Lipinski definition) is 1. The van der Waals surface area contributed by atoms with Gasteiger partial charge in [-0.15, -0.1) is 5.10 Å². The second kappa shape index (κ2) is 7.03. The van der Waals surface area contributed by atoms with Crippen molar-refractivity contribution in [1.82, 2.24) is 19.9 Å². The Kier molecular flexibility index (Phi) is 5.19. The Morgan fingerprint density at radius 2 is 2.17 bits per heavy atom. The molecule has 2 aromatic heterocycles. The average molecular weight is 463 g/mol. The van der Waals surface area contributed by atoms with Gasteiger partial charge < -0.3 is 15.0 Å². The molecule has 0 aliphatic carbocycles. The third kappa shape index (κ3) is 4.50. The highest BCUT2D eigenvalue weighted by atomic mass is 127. The van der Waals surface area contributed by atoms with Crippen LogP contribution in [0.25, 0.3) is 4.96 Å². The molecule has 9 heteroatoms. The van der Waals surface area contributed by atoms with Crippen molar-refractivity contribution in [2.45, 2.75) is 39.2 Å². The molecule has 0 aromatic carbocycles. The SMILES string of the molecule is CC(C)(C)OC(=O)NCC1CCN(c2nn3cc(I)nc3s2)CC1. The summed E-state index contributed by atoms with van der Waals surface area (Å²) in [5.74, 6) is 0.485. The number of amides is 1. The van der Waals surface area contributed by atoms with Crippen LogP contribution in [0.15, 0.2) is 6.20 Å². The van der Waals surface area contributed by atoms with Crippen LogP contribution in [0.4, 0.5) is 9.93 Å². The molecule has 0 unspecified atom stereocenters. The van der Waals surface area contributed by atoms with E-state index in [9.17, 15) is 4.79 Å². The molecule has 1 aliphatic rings. The highest BCUT2D eigenvalue weighted by molar-refractivity contribution is 14.1. The van der Waals surface area contributed by atoms with Crippen molar-refractivity contribution in [3.8, 4) is 0 Å². The van der Waals surface area contributed by atoms with Crippen molar-refractivity contribution in [2.24, 2.45) is 5.92 Å². The van der Waals surface area contributed by atoms with Gasteiger partial charge in [-0.05, 0) is 62.1 Å². The number of alkyl carbamates (subject to hydrolysis) is 1. The number of rotatable bonds is 3. The second-order valence-corrected chi connectivity index (χ2v) is 9.03. The van der Waals surface area contributed by atoms with Gasteiger partial charge in [0.05, 0.1) is 6.20 Å². The summed E-state index contributed by atoms with van der Waals surface area (Å²) in [6.07, 6.45) is 3.68. The highest BCUT2D eigenvalue weighted by Gasteiger charge is 2.23. The molecule has 1 aliphatic heterocycles. The van der Waals surface area contributed by atoms with Crippen LogP contribution in [0.3, 0.4) is 0 Å². The van der Waals surface area contributed by atoms with Gasteiger partial charge in [-0.25, -0.2) is 14.3 Å². The molecule has 3 heterocycles. The third-order valence-electron chi connectivity index (χ3n) is 3.82. The molecule has 1 N–H and O–H groups in total. The Hall–Kier alpha value is -1.10. The molecule has 0 bridgehead atoms. The number of hydrogen-bond acceptors (Lipinski definition) is 6. The van der Waals surface area contributed by atoms with E-state index in [1.807, 2.05) is 31.5 Å². The van der Waals surface area contributed by atoms with Crippen LogP contribution in [0.5, 0.6) is 0 Å². The molecule has 3 rings (SSSR count). The van der Waals surface area contributed by atoms with E-state index >= 15 is 0 Å². The van der Waals surface area contributed by atoms with Crippen LogP contribution in [0.1, 0.15) is 33.6 Å². The summed E-state index contributed by atoms with van der Waals surface area (Å²) in [4.78, 5) is 19.4. The summed E-state index contributed by atoms with van der Waals surface area (Å²) in [7, 11) is 0. The molecule has 0 radical (unpaired) electrons. The van der Waals surface area contributed by atoms with Gasteiger partial charge in [-0.3, -0.25) is 0 Å². The minimum Gasteiger partial charge on any atom is -0.444 e. The largest absolute Gasteiger partial charge is 0.444 e. The lowest BCUT2D eigenvalue weighted by Crippen LogP contribution is -2.40. The van der Waals surface area contributed by atoms with E-state index in [1.54, 1.807) is 11.3 Å². The molecular formula is C15H22IN5O2S. The van der Waals surface area contributed by atoms with E-state index in [0.717, 1.165) is 39.7 Å². The van der Waals surface area contributed by atoms with Gasteiger partial charge in [0, 0.05) is 19.6 Å². The van der Waals surface area contributed by atoms with Gasteiger partial charge >= 0.3 is 6.09 Å². The smallest absolute Gasteiger partial charge is 0.407 e. The molecule has 1 saturated heterocycles. The normalized spacial score (nSPS) is 16.6. The van der Waals surface area contributed by atoms with Crippen LogP contribution in [-0.4, -0.2) is 45.9 Å². The lowest BCUT2D eigenvalue weighted by Gasteiger charge is -2.31. The van der Waals surface area contributed by atoms with E-state index < -0.39 is 5.60 Å². The predicted molar refractivity (Wildman–Crippen MR) is 103 cm³/mol. The number of carbonyl (C=O) groups excluding carboxylic acids is 1. The predicted octanol–water partition coefficient (Wildman–Crippen LogP) is 3.14. The van der Waals surface area contributed by atoms with Crippen LogP contribution in [0.2, 0.25) is 0 Å². The fourth-order valence-corrected chi connectivity index (χ4v) is 4.25. The maximum atomic E-state index is 11.7. The van der Waals surface area contributed by atoms with E-state index in [-0.39, 0.29) is 6.09 Å². The number of piperidine rings is 1. The number of fused-ring (bicyclic) bond motifs is 1. The average Bonchev–Trinajstić information content (AvgIpc) is 3.01. The van der Waals surface area contributed by atoms with E-state index in [2.05, 4.69) is 42.9 Å². The molecule has 7 nitrogen and oxygen atoms in total. The maximum Gasteiger partial charge on any atom is 0.407 e. The van der Waals surface area contributed by atoms with Crippen LogP contribution in [-0.2, 0) is 4.74 Å². The first-order valence-corrected chi connectivity index (χ1v) is 9.93. The van der Waals surface area contributed by atoms with Gasteiger partial charge in [-0.1, -0.05) is 11.3 Å². The third-order valence-corrected chi connectivity index (χ3v) is 5.33. The zero-order valence-corrected chi connectivity index (χ0v) is 17.1. The summed E-state index contributed by atoms with van der Waals surface area (Å²) < 4.78 is 8.08. The van der Waals surface area contributed by atoms with Crippen molar-refractivity contribution >= 4 is 50.1 Å². The molecule has 1 fully saturated rings. The quantitative estimate of drug-likeness (QED) is 0.709. The Morgan fingerprint density at radius 1 is 1.46 bits per heavy atom. The fraction of sp³-hybridized carbons (Fsp3) is 0.667. The van der Waals surface area contributed by atoms with E-state index in [4.69, 9.17) is 4.74 Å². The van der Waals surface area contributed by atoms with Gasteiger partial charge in [-0.2, -0.15) is 0 Å². The number of ether oxygens (including phenoxy) is 1. The Balaban J connectivity index is 1.47. The zero-order chi connectivity index (χ0) is 17.3. The second-order valence-electron chi connectivity index (χ2n) is 6.99. The maximum absolute atomic E-state index is 11.7. The van der Waals surface area contributed by atoms with E-state index in [0.29, 0.717) is 12.5 Å². The summed E-state index contributed by atoms with van der Waals surface area (Å²) in [6.45, 7) is 8.19. The van der Waals surface area contributed by atoms with Gasteiger partial charge in [0.15, 0.2) is 0 Å². The van der Waals surface area contributed by atoms with Crippen molar-refractivity contribution in [2.75, 3.05) is 24.5 Å². The lowest BCUT2D eigenvalue weighted by atomic mass is 9.97. The van der Waals surface area contributed by atoms with E-state index in [1.165, 1.54) is 0 Å². The van der Waals surface area contributed by atoms with Gasteiger partial charge in [0.1, 0.15) is 9.30 Å². The molecule has 2 aromatic rings. The summed E-state index contributed by atoms with van der Waals surface area (Å²) in [5, 5.41) is 8.50. The number of aromatic nitrogens is 3. The molecule has 24 heavy (non-hydrogen) atoms. The first kappa shape index (κ1) is 17.7. The van der Waals surface area contributed by atoms with Crippen LogP contribution in [0, 0.1) is 9.62 Å². The van der Waals surface area contributed by atoms with Crippen LogP contribution >= 0.6 is 33.9 Å². The molecule has 132 valence electrons. The zero-order valence-electron chi connectivity index (χ0n) is 14.1. The number of imidazole rings is 1. The molecule has 0 spiro atoms. The first-order valence-electron chi connectivity index (χ1n) is 8.04. The highest BCUT2D eigenvalue weighted by Crippen LogP contribution is 2.27. The molecule has 0 saturated carbocycles. The van der Waals surface area contributed by atoms with Crippen molar-refractivity contribution < 1.29 is 9.53 Å². The molecule has 0 atom stereocenters. The standard InChI is InChI=1S/C15H22IN5O2S/c1-15(2,3)23-14(22)17-8-10-4-6-20(7-5-10)13-19-21-9-11(16)18-12(21)24-13/h9-10H,4-8H2,1-3H3,(H,17,22). The Labute approximate surface area is 158 Å². The fourth-order valence-electron chi connectivity index (χ4n) is 2.66. The Bertz CT molecular complexity index is 684. The summed E-state index contributed by atoms with van der Waals surface area (Å²) in [6, 6.07) is 0. The summed E-state index contributed by atoms with van der Waals surface area (Å²) >= 11 is 3.82. The molecule has 1 amide bonds. The monoisotopic (exact) mass is 463 g/mol. The number of nitrogens with zero attached hydrogens (tertiary/aromatic N) is 4. The topological polar surface area (TPSA) is 71.8 Å². The Morgan fingerprint density at radius 3 is 2.79 bits per heavy atom. The minimum absolute atomic E-state index is 0.333. The van der Waals surface area contributed by atoms with Crippen molar-refractivity contribution in [1.29, 1.82) is 0 Å². The lowest BCUT2D eigenvalue weighted by molar-refractivity contribution is 0.0517. The van der Waals surface area contributed by atoms with Crippen molar-refractivity contribution in [3.05, 3.63) is 9.90 Å². The summed E-state index contributed by atoms with van der Waals surface area (Å²) in [5.41, 5.74) is -0.451. The van der Waals surface area contributed by atoms with Crippen LogP contribution < -0.4 is 10.2 Å². The number of halogens is 1. The van der Waals surface area contributed by atoms with Gasteiger partial charge in [0.25, 0.3) is 0 Å². The number of carbonyl (C=O) groups is 1.